The number of nitrogens with one attached hydrogen (secondary N) is 1. The SMILES string of the molecule is CCCNCC(OCC(C)C)c1ccccc1OC. The van der Waals surface area contributed by atoms with Crippen LogP contribution in [0, 0.1) is 5.92 Å². The summed E-state index contributed by atoms with van der Waals surface area (Å²) in [4.78, 5) is 0. The molecule has 0 bridgehead atoms. The van der Waals surface area contributed by atoms with Crippen molar-refractivity contribution in [3.63, 3.8) is 0 Å². The van der Waals surface area contributed by atoms with Crippen LogP contribution in [0.25, 0.3) is 0 Å². The molecule has 0 radical (unpaired) electrons. The van der Waals surface area contributed by atoms with Crippen LogP contribution in [-0.2, 0) is 4.74 Å². The molecule has 0 saturated carbocycles. The molecule has 1 unspecified atom stereocenters. The molecular formula is C16H27NO2. The highest BCUT2D eigenvalue weighted by Gasteiger charge is 2.16. The molecule has 0 heterocycles. The molecule has 0 amide bonds. The third-order valence-corrected chi connectivity index (χ3v) is 2.87. The standard InChI is InChI=1S/C16H27NO2/c1-5-10-17-11-16(19-12-13(2)3)14-8-6-7-9-15(14)18-4/h6-9,13,16-17H,5,10-12H2,1-4H3. The average Bonchev–Trinajstić information content (AvgIpc) is 2.42. The van der Waals surface area contributed by atoms with Gasteiger partial charge in [-0.3, -0.25) is 0 Å². The maximum absolute atomic E-state index is 6.04. The first kappa shape index (κ1) is 16.0. The summed E-state index contributed by atoms with van der Waals surface area (Å²) in [6.07, 6.45) is 1.17. The number of rotatable bonds is 9. The molecule has 3 nitrogen and oxygen atoms in total. The van der Waals surface area contributed by atoms with E-state index in [0.29, 0.717) is 5.92 Å². The van der Waals surface area contributed by atoms with E-state index < -0.39 is 0 Å². The third kappa shape index (κ3) is 5.62. The van der Waals surface area contributed by atoms with Crippen molar-refractivity contribution in [1.29, 1.82) is 0 Å². The van der Waals surface area contributed by atoms with E-state index in [1.54, 1.807) is 7.11 Å². The van der Waals surface area contributed by atoms with E-state index in [1.165, 1.54) is 0 Å². The number of benzene rings is 1. The van der Waals surface area contributed by atoms with E-state index in [4.69, 9.17) is 9.47 Å². The Morgan fingerprint density at radius 1 is 1.21 bits per heavy atom. The second-order valence-electron chi connectivity index (χ2n) is 5.16. The van der Waals surface area contributed by atoms with E-state index >= 15 is 0 Å². The monoisotopic (exact) mass is 265 g/mol. The van der Waals surface area contributed by atoms with E-state index in [0.717, 1.165) is 37.4 Å². The van der Waals surface area contributed by atoms with Crippen LogP contribution in [0.2, 0.25) is 0 Å². The van der Waals surface area contributed by atoms with Gasteiger partial charge in [-0.1, -0.05) is 39.0 Å². The fraction of sp³-hybridized carbons (Fsp3) is 0.625. The molecule has 0 aliphatic rings. The van der Waals surface area contributed by atoms with Gasteiger partial charge in [-0.2, -0.15) is 0 Å². The van der Waals surface area contributed by atoms with Crippen LogP contribution in [-0.4, -0.2) is 26.8 Å². The summed E-state index contributed by atoms with van der Waals surface area (Å²) >= 11 is 0. The van der Waals surface area contributed by atoms with Gasteiger partial charge in [0.2, 0.25) is 0 Å². The minimum atomic E-state index is 0.0464. The van der Waals surface area contributed by atoms with Crippen molar-refractivity contribution in [3.05, 3.63) is 29.8 Å². The lowest BCUT2D eigenvalue weighted by atomic mass is 10.1. The highest BCUT2D eigenvalue weighted by atomic mass is 16.5. The Morgan fingerprint density at radius 2 is 1.95 bits per heavy atom. The quantitative estimate of drug-likeness (QED) is 0.694. The predicted octanol–water partition coefficient (Wildman–Crippen LogP) is 3.41. The van der Waals surface area contributed by atoms with Gasteiger partial charge >= 0.3 is 0 Å². The minimum Gasteiger partial charge on any atom is -0.496 e. The van der Waals surface area contributed by atoms with Crippen LogP contribution in [0.4, 0.5) is 0 Å². The van der Waals surface area contributed by atoms with Gasteiger partial charge in [0, 0.05) is 18.7 Å². The fourth-order valence-electron chi connectivity index (χ4n) is 1.91. The van der Waals surface area contributed by atoms with E-state index in [2.05, 4.69) is 32.2 Å². The van der Waals surface area contributed by atoms with Crippen molar-refractivity contribution in [2.45, 2.75) is 33.3 Å². The Kier molecular flexibility index (Phi) is 7.53. The molecule has 1 rings (SSSR count). The van der Waals surface area contributed by atoms with Crippen LogP contribution in [0.15, 0.2) is 24.3 Å². The molecule has 0 aromatic heterocycles. The summed E-state index contributed by atoms with van der Waals surface area (Å²) < 4.78 is 11.5. The zero-order valence-electron chi connectivity index (χ0n) is 12.6. The molecule has 0 spiro atoms. The van der Waals surface area contributed by atoms with Crippen molar-refractivity contribution in [2.24, 2.45) is 5.92 Å². The normalized spacial score (nSPS) is 12.7. The van der Waals surface area contributed by atoms with Crippen molar-refractivity contribution in [2.75, 3.05) is 26.8 Å². The molecular weight excluding hydrogens is 238 g/mol. The maximum Gasteiger partial charge on any atom is 0.124 e. The summed E-state index contributed by atoms with van der Waals surface area (Å²) in [7, 11) is 1.71. The summed E-state index contributed by atoms with van der Waals surface area (Å²) in [5.74, 6) is 1.43. The molecule has 3 heteroatoms. The number of methoxy groups -OCH3 is 1. The summed E-state index contributed by atoms with van der Waals surface area (Å²) in [5, 5.41) is 3.43. The molecule has 1 atom stereocenters. The zero-order chi connectivity index (χ0) is 14.1. The molecule has 108 valence electrons. The molecule has 1 N–H and O–H groups in total. The molecule has 0 aliphatic heterocycles. The van der Waals surface area contributed by atoms with Crippen molar-refractivity contribution in [3.8, 4) is 5.75 Å². The van der Waals surface area contributed by atoms with E-state index in [-0.39, 0.29) is 6.10 Å². The van der Waals surface area contributed by atoms with Gasteiger partial charge in [0.25, 0.3) is 0 Å². The maximum atomic E-state index is 6.04. The minimum absolute atomic E-state index is 0.0464. The highest BCUT2D eigenvalue weighted by Crippen LogP contribution is 2.27. The van der Waals surface area contributed by atoms with Crippen LogP contribution in [0.5, 0.6) is 5.75 Å². The summed E-state index contributed by atoms with van der Waals surface area (Å²) in [6.45, 7) is 9.09. The van der Waals surface area contributed by atoms with E-state index in [1.807, 2.05) is 18.2 Å². The van der Waals surface area contributed by atoms with Gasteiger partial charge in [-0.25, -0.2) is 0 Å². The van der Waals surface area contributed by atoms with Crippen LogP contribution >= 0.6 is 0 Å². The second-order valence-corrected chi connectivity index (χ2v) is 5.16. The van der Waals surface area contributed by atoms with Gasteiger partial charge in [0.1, 0.15) is 5.75 Å². The first-order valence-corrected chi connectivity index (χ1v) is 7.14. The molecule has 0 fully saturated rings. The Balaban J connectivity index is 2.75. The summed E-state index contributed by atoms with van der Waals surface area (Å²) in [5.41, 5.74) is 1.12. The Morgan fingerprint density at radius 3 is 2.58 bits per heavy atom. The zero-order valence-corrected chi connectivity index (χ0v) is 12.6. The first-order chi connectivity index (χ1) is 9.19. The molecule has 1 aromatic rings. The highest BCUT2D eigenvalue weighted by molar-refractivity contribution is 5.35. The largest absolute Gasteiger partial charge is 0.496 e. The molecule has 0 saturated heterocycles. The van der Waals surface area contributed by atoms with Gasteiger partial charge in [0.15, 0.2) is 0 Å². The third-order valence-electron chi connectivity index (χ3n) is 2.87. The van der Waals surface area contributed by atoms with Crippen molar-refractivity contribution >= 4 is 0 Å². The van der Waals surface area contributed by atoms with Gasteiger partial charge in [-0.15, -0.1) is 0 Å². The Labute approximate surface area is 117 Å². The Hall–Kier alpha value is -1.06. The molecule has 0 aliphatic carbocycles. The van der Waals surface area contributed by atoms with Crippen LogP contribution < -0.4 is 10.1 Å². The van der Waals surface area contributed by atoms with Crippen molar-refractivity contribution in [1.82, 2.24) is 5.32 Å². The number of para-hydroxylation sites is 1. The van der Waals surface area contributed by atoms with E-state index in [9.17, 15) is 0 Å². The van der Waals surface area contributed by atoms with Crippen LogP contribution in [0.3, 0.4) is 0 Å². The number of hydrogen-bond donors (Lipinski definition) is 1. The lowest BCUT2D eigenvalue weighted by Crippen LogP contribution is -2.25. The number of ether oxygens (including phenoxy) is 2. The smallest absolute Gasteiger partial charge is 0.124 e. The van der Waals surface area contributed by atoms with Gasteiger partial charge in [0.05, 0.1) is 13.2 Å². The molecule has 19 heavy (non-hydrogen) atoms. The second kappa shape index (κ2) is 8.94. The lowest BCUT2D eigenvalue weighted by Gasteiger charge is -2.22. The fourth-order valence-corrected chi connectivity index (χ4v) is 1.91. The van der Waals surface area contributed by atoms with Gasteiger partial charge in [-0.05, 0) is 24.9 Å². The average molecular weight is 265 g/mol. The van der Waals surface area contributed by atoms with Gasteiger partial charge < -0.3 is 14.8 Å². The van der Waals surface area contributed by atoms with Crippen LogP contribution in [0.1, 0.15) is 38.9 Å². The summed E-state index contributed by atoms with van der Waals surface area (Å²) in [6, 6.07) is 8.09. The number of hydrogen-bond acceptors (Lipinski definition) is 3. The lowest BCUT2D eigenvalue weighted by molar-refractivity contribution is 0.0338. The van der Waals surface area contributed by atoms with Crippen molar-refractivity contribution < 1.29 is 9.47 Å². The first-order valence-electron chi connectivity index (χ1n) is 7.14. The Bertz CT molecular complexity index is 352. The topological polar surface area (TPSA) is 30.5 Å². The molecule has 1 aromatic carbocycles. The predicted molar refractivity (Wildman–Crippen MR) is 79.7 cm³/mol.